The molecule has 136 valence electrons. The first-order chi connectivity index (χ1) is 12.2. The molecule has 0 radical (unpaired) electrons. The topological polar surface area (TPSA) is 42.0 Å². The van der Waals surface area contributed by atoms with E-state index >= 15 is 0 Å². The van der Waals surface area contributed by atoms with Crippen LogP contribution in [-0.2, 0) is 9.53 Å². The molecule has 1 aliphatic carbocycles. The van der Waals surface area contributed by atoms with Crippen molar-refractivity contribution < 1.29 is 14.3 Å². The molecule has 3 aliphatic rings. The minimum absolute atomic E-state index is 0.131. The summed E-state index contributed by atoms with van der Waals surface area (Å²) < 4.78 is 10.9. The van der Waals surface area contributed by atoms with Crippen molar-refractivity contribution in [1.29, 1.82) is 0 Å². The summed E-state index contributed by atoms with van der Waals surface area (Å²) in [6.07, 6.45) is 0.951. The SMILES string of the molecule is COc1ccccc1[C@@H]1C[C@@H]1C(=O)N1C[C@@H](C)[C@H](N2CCOCC2)C1. The van der Waals surface area contributed by atoms with Gasteiger partial charge < -0.3 is 14.4 Å². The maximum absolute atomic E-state index is 13.0. The molecule has 25 heavy (non-hydrogen) atoms. The minimum Gasteiger partial charge on any atom is -0.496 e. The maximum atomic E-state index is 13.0. The van der Waals surface area contributed by atoms with Crippen LogP contribution in [0.3, 0.4) is 0 Å². The van der Waals surface area contributed by atoms with Crippen molar-refractivity contribution in [3.05, 3.63) is 29.8 Å². The van der Waals surface area contributed by atoms with Gasteiger partial charge in [0, 0.05) is 38.1 Å². The van der Waals surface area contributed by atoms with Crippen molar-refractivity contribution in [2.24, 2.45) is 11.8 Å². The Morgan fingerprint density at radius 3 is 2.72 bits per heavy atom. The van der Waals surface area contributed by atoms with Crippen LogP contribution < -0.4 is 4.74 Å². The molecular formula is C20H28N2O3. The largest absolute Gasteiger partial charge is 0.496 e. The fraction of sp³-hybridized carbons (Fsp3) is 0.650. The van der Waals surface area contributed by atoms with E-state index in [9.17, 15) is 4.79 Å². The van der Waals surface area contributed by atoms with Crippen LogP contribution in [-0.4, -0.2) is 68.3 Å². The van der Waals surface area contributed by atoms with Crippen molar-refractivity contribution >= 4 is 5.91 Å². The van der Waals surface area contributed by atoms with E-state index in [1.54, 1.807) is 7.11 Å². The lowest BCUT2D eigenvalue weighted by molar-refractivity contribution is -0.131. The molecule has 1 aromatic carbocycles. The van der Waals surface area contributed by atoms with Crippen molar-refractivity contribution in [3.8, 4) is 5.75 Å². The summed E-state index contributed by atoms with van der Waals surface area (Å²) in [5.74, 6) is 2.22. The zero-order valence-electron chi connectivity index (χ0n) is 15.2. The number of hydrogen-bond donors (Lipinski definition) is 0. The molecule has 1 saturated carbocycles. The highest BCUT2D eigenvalue weighted by Gasteiger charge is 2.49. The average molecular weight is 344 g/mol. The molecule has 4 rings (SSSR count). The Labute approximate surface area is 149 Å². The number of methoxy groups -OCH3 is 1. The number of carbonyl (C=O) groups excluding carboxylic acids is 1. The number of amides is 1. The normalized spacial score (nSPS) is 32.6. The number of ether oxygens (including phenoxy) is 2. The zero-order chi connectivity index (χ0) is 17.4. The predicted octanol–water partition coefficient (Wildman–Crippen LogP) is 1.98. The smallest absolute Gasteiger partial charge is 0.226 e. The van der Waals surface area contributed by atoms with Gasteiger partial charge in [-0.15, -0.1) is 0 Å². The van der Waals surface area contributed by atoms with E-state index in [2.05, 4.69) is 22.8 Å². The molecule has 4 atom stereocenters. The number of para-hydroxylation sites is 1. The highest BCUT2D eigenvalue weighted by Crippen LogP contribution is 2.51. The molecule has 5 nitrogen and oxygen atoms in total. The van der Waals surface area contributed by atoms with Crippen LogP contribution in [0.1, 0.15) is 24.8 Å². The maximum Gasteiger partial charge on any atom is 0.226 e. The number of rotatable bonds is 4. The standard InChI is InChI=1S/C20H28N2O3/c1-14-12-22(13-18(14)21-7-9-25-10-8-21)20(23)17-11-16(17)15-5-3-4-6-19(15)24-2/h3-6,14,16-18H,7-13H2,1-2H3/t14-,16+,17+,18-/m1/s1. The van der Waals surface area contributed by atoms with Crippen LogP contribution in [0, 0.1) is 11.8 Å². The first kappa shape index (κ1) is 16.9. The van der Waals surface area contributed by atoms with E-state index < -0.39 is 0 Å². The van der Waals surface area contributed by atoms with Gasteiger partial charge in [0.2, 0.25) is 5.91 Å². The van der Waals surface area contributed by atoms with Crippen molar-refractivity contribution in [3.63, 3.8) is 0 Å². The number of morpholine rings is 1. The second kappa shape index (κ2) is 6.96. The molecule has 1 amide bonds. The van der Waals surface area contributed by atoms with Gasteiger partial charge in [0.25, 0.3) is 0 Å². The van der Waals surface area contributed by atoms with E-state index in [1.165, 1.54) is 5.56 Å². The molecule has 1 aromatic rings. The van der Waals surface area contributed by atoms with Crippen molar-refractivity contribution in [2.75, 3.05) is 46.5 Å². The monoisotopic (exact) mass is 344 g/mol. The molecule has 0 unspecified atom stereocenters. The second-order valence-corrected chi connectivity index (χ2v) is 7.63. The third kappa shape index (κ3) is 3.27. The lowest BCUT2D eigenvalue weighted by Crippen LogP contribution is -2.47. The first-order valence-corrected chi connectivity index (χ1v) is 9.42. The average Bonchev–Trinajstić information content (AvgIpc) is 3.36. The zero-order valence-corrected chi connectivity index (χ0v) is 15.2. The quantitative estimate of drug-likeness (QED) is 0.838. The van der Waals surface area contributed by atoms with Gasteiger partial charge in [-0.1, -0.05) is 25.1 Å². The van der Waals surface area contributed by atoms with Crippen LogP contribution in [0.4, 0.5) is 0 Å². The minimum atomic E-state index is 0.131. The van der Waals surface area contributed by atoms with Crippen molar-refractivity contribution in [2.45, 2.75) is 25.3 Å². The number of hydrogen-bond acceptors (Lipinski definition) is 4. The third-order valence-corrected chi connectivity index (χ3v) is 6.05. The summed E-state index contributed by atoms with van der Waals surface area (Å²) in [6.45, 7) is 7.64. The predicted molar refractivity (Wildman–Crippen MR) is 95.8 cm³/mol. The van der Waals surface area contributed by atoms with Crippen molar-refractivity contribution in [1.82, 2.24) is 9.80 Å². The van der Waals surface area contributed by atoms with E-state index in [0.29, 0.717) is 23.8 Å². The van der Waals surface area contributed by atoms with Gasteiger partial charge in [-0.2, -0.15) is 0 Å². The van der Waals surface area contributed by atoms with Gasteiger partial charge in [-0.3, -0.25) is 9.69 Å². The van der Waals surface area contributed by atoms with E-state index in [4.69, 9.17) is 9.47 Å². The molecular weight excluding hydrogens is 316 g/mol. The van der Waals surface area contributed by atoms with E-state index in [0.717, 1.165) is 51.6 Å². The van der Waals surface area contributed by atoms with Gasteiger partial charge in [0.05, 0.1) is 20.3 Å². The lowest BCUT2D eigenvalue weighted by atomic mass is 10.0. The molecule has 0 aromatic heterocycles. The second-order valence-electron chi connectivity index (χ2n) is 7.63. The highest BCUT2D eigenvalue weighted by atomic mass is 16.5. The Balaban J connectivity index is 1.39. The highest BCUT2D eigenvalue weighted by molar-refractivity contribution is 5.83. The third-order valence-electron chi connectivity index (χ3n) is 6.05. The number of carbonyl (C=O) groups is 1. The summed E-state index contributed by atoms with van der Waals surface area (Å²) in [5.41, 5.74) is 1.18. The van der Waals surface area contributed by atoms with Crippen LogP contribution in [0.15, 0.2) is 24.3 Å². The Morgan fingerprint density at radius 1 is 1.20 bits per heavy atom. The fourth-order valence-corrected chi connectivity index (χ4v) is 4.53. The summed E-state index contributed by atoms with van der Waals surface area (Å²) in [6, 6.07) is 8.58. The fourth-order valence-electron chi connectivity index (χ4n) is 4.53. The molecule has 2 saturated heterocycles. The van der Waals surface area contributed by atoms with E-state index in [-0.39, 0.29) is 5.92 Å². The molecule has 2 aliphatic heterocycles. The van der Waals surface area contributed by atoms with E-state index in [1.807, 2.05) is 18.2 Å². The van der Waals surface area contributed by atoms with Crippen LogP contribution in [0.2, 0.25) is 0 Å². The molecule has 0 spiro atoms. The molecule has 2 heterocycles. The molecule has 3 fully saturated rings. The van der Waals surface area contributed by atoms with Gasteiger partial charge in [-0.05, 0) is 29.9 Å². The number of likely N-dealkylation sites (tertiary alicyclic amines) is 1. The molecule has 0 bridgehead atoms. The number of nitrogens with zero attached hydrogens (tertiary/aromatic N) is 2. The molecule has 5 heteroatoms. The van der Waals surface area contributed by atoms with Gasteiger partial charge in [0.1, 0.15) is 5.75 Å². The first-order valence-electron chi connectivity index (χ1n) is 9.42. The summed E-state index contributed by atoms with van der Waals surface area (Å²) in [4.78, 5) is 17.6. The Hall–Kier alpha value is -1.59. The Morgan fingerprint density at radius 2 is 1.96 bits per heavy atom. The van der Waals surface area contributed by atoms with Crippen LogP contribution in [0.25, 0.3) is 0 Å². The summed E-state index contributed by atoms with van der Waals surface area (Å²) >= 11 is 0. The van der Waals surface area contributed by atoms with Crippen LogP contribution >= 0.6 is 0 Å². The lowest BCUT2D eigenvalue weighted by Gasteiger charge is -2.34. The van der Waals surface area contributed by atoms with Crippen LogP contribution in [0.5, 0.6) is 5.75 Å². The number of benzene rings is 1. The van der Waals surface area contributed by atoms with Gasteiger partial charge in [0.15, 0.2) is 0 Å². The summed E-state index contributed by atoms with van der Waals surface area (Å²) in [5, 5.41) is 0. The molecule has 0 N–H and O–H groups in total. The summed E-state index contributed by atoms with van der Waals surface area (Å²) in [7, 11) is 1.70. The van der Waals surface area contributed by atoms with Gasteiger partial charge in [-0.25, -0.2) is 0 Å². The Bertz CT molecular complexity index is 629. The Kier molecular flexibility index (Phi) is 4.69. The van der Waals surface area contributed by atoms with Gasteiger partial charge >= 0.3 is 0 Å².